The molecule has 0 bridgehead atoms. The van der Waals surface area contributed by atoms with Crippen molar-refractivity contribution in [1.82, 2.24) is 15.5 Å². The summed E-state index contributed by atoms with van der Waals surface area (Å²) in [7, 11) is 0. The van der Waals surface area contributed by atoms with Crippen LogP contribution in [0.3, 0.4) is 0 Å². The fourth-order valence-corrected chi connectivity index (χ4v) is 3.32. The smallest absolute Gasteiger partial charge is 0.0681 e. The summed E-state index contributed by atoms with van der Waals surface area (Å²) in [5.41, 5.74) is 0.985. The maximum absolute atomic E-state index is 6.22. The van der Waals surface area contributed by atoms with Crippen LogP contribution in [0.4, 0.5) is 0 Å². The van der Waals surface area contributed by atoms with Crippen LogP contribution < -0.4 is 5.32 Å². The summed E-state index contributed by atoms with van der Waals surface area (Å²) in [6.07, 6.45) is 4.66. The van der Waals surface area contributed by atoms with Crippen molar-refractivity contribution in [3.8, 4) is 0 Å². The standard InChI is InChI=1S/C15H25N3O/c1-6-16-13(11-7-8-17-18-10-11)12-9-14(2,3)19-15(12,4)5/h7-8,10,12-13,16H,6,9H2,1-5H3. The van der Waals surface area contributed by atoms with Gasteiger partial charge >= 0.3 is 0 Å². The van der Waals surface area contributed by atoms with Crippen LogP contribution in [0, 0.1) is 5.92 Å². The van der Waals surface area contributed by atoms with E-state index in [0.29, 0.717) is 5.92 Å². The summed E-state index contributed by atoms with van der Waals surface area (Å²) in [4.78, 5) is 0. The maximum atomic E-state index is 6.22. The lowest BCUT2D eigenvalue weighted by Gasteiger charge is -2.33. The molecule has 0 aromatic carbocycles. The van der Waals surface area contributed by atoms with Gasteiger partial charge in [0.25, 0.3) is 0 Å². The van der Waals surface area contributed by atoms with E-state index in [1.165, 1.54) is 5.56 Å². The molecule has 19 heavy (non-hydrogen) atoms. The van der Waals surface area contributed by atoms with Gasteiger partial charge in [0.1, 0.15) is 0 Å². The molecular formula is C15H25N3O. The number of ether oxygens (including phenoxy) is 1. The number of nitrogens with zero attached hydrogens (tertiary/aromatic N) is 2. The minimum absolute atomic E-state index is 0.0672. The highest BCUT2D eigenvalue weighted by Crippen LogP contribution is 2.47. The van der Waals surface area contributed by atoms with Gasteiger partial charge in [0.15, 0.2) is 0 Å². The van der Waals surface area contributed by atoms with Crippen LogP contribution in [0.5, 0.6) is 0 Å². The molecule has 2 heterocycles. The Kier molecular flexibility index (Phi) is 3.92. The van der Waals surface area contributed by atoms with E-state index in [1.54, 1.807) is 6.20 Å². The van der Waals surface area contributed by atoms with Gasteiger partial charge in [-0.05, 0) is 52.3 Å². The van der Waals surface area contributed by atoms with Crippen LogP contribution in [0.15, 0.2) is 18.5 Å². The maximum Gasteiger partial charge on any atom is 0.0681 e. The van der Waals surface area contributed by atoms with Crippen molar-refractivity contribution in [3.63, 3.8) is 0 Å². The highest BCUT2D eigenvalue weighted by atomic mass is 16.5. The summed E-state index contributed by atoms with van der Waals surface area (Å²) in [6, 6.07) is 2.30. The molecule has 0 amide bonds. The van der Waals surface area contributed by atoms with Crippen molar-refractivity contribution in [1.29, 1.82) is 0 Å². The van der Waals surface area contributed by atoms with E-state index < -0.39 is 0 Å². The summed E-state index contributed by atoms with van der Waals surface area (Å²) in [6.45, 7) is 11.8. The quantitative estimate of drug-likeness (QED) is 0.907. The van der Waals surface area contributed by atoms with E-state index in [-0.39, 0.29) is 17.2 Å². The number of rotatable bonds is 4. The third-order valence-electron chi connectivity index (χ3n) is 3.94. The first-order valence-corrected chi connectivity index (χ1v) is 7.06. The molecule has 1 saturated heterocycles. The highest BCUT2D eigenvalue weighted by molar-refractivity contribution is 5.16. The van der Waals surface area contributed by atoms with Gasteiger partial charge in [-0.2, -0.15) is 10.2 Å². The second-order valence-corrected chi connectivity index (χ2v) is 6.49. The third-order valence-corrected chi connectivity index (χ3v) is 3.94. The Morgan fingerprint density at radius 1 is 1.37 bits per heavy atom. The van der Waals surface area contributed by atoms with Gasteiger partial charge < -0.3 is 10.1 Å². The number of hydrogen-bond acceptors (Lipinski definition) is 4. The molecule has 0 spiro atoms. The summed E-state index contributed by atoms with van der Waals surface area (Å²) < 4.78 is 6.22. The molecule has 2 rings (SSSR count). The lowest BCUT2D eigenvalue weighted by atomic mass is 9.79. The number of hydrogen-bond donors (Lipinski definition) is 1. The first-order valence-electron chi connectivity index (χ1n) is 7.06. The Bertz CT molecular complexity index is 417. The average Bonchev–Trinajstić information content (AvgIpc) is 2.55. The lowest BCUT2D eigenvalue weighted by Crippen LogP contribution is -2.38. The van der Waals surface area contributed by atoms with Gasteiger partial charge in [0.2, 0.25) is 0 Å². The summed E-state index contributed by atoms with van der Waals surface area (Å²) in [5, 5.41) is 11.5. The third kappa shape index (κ3) is 3.12. The van der Waals surface area contributed by atoms with E-state index in [2.05, 4.69) is 50.1 Å². The summed E-state index contributed by atoms with van der Waals surface area (Å²) >= 11 is 0. The molecule has 2 unspecified atom stereocenters. The SMILES string of the molecule is CCNC(c1ccnnc1)C1CC(C)(C)OC1(C)C. The van der Waals surface area contributed by atoms with E-state index in [4.69, 9.17) is 4.74 Å². The molecule has 0 radical (unpaired) electrons. The van der Waals surface area contributed by atoms with Crippen molar-refractivity contribution in [2.24, 2.45) is 5.92 Å². The van der Waals surface area contributed by atoms with Crippen molar-refractivity contribution in [2.45, 2.75) is 58.3 Å². The van der Waals surface area contributed by atoms with E-state index in [0.717, 1.165) is 13.0 Å². The Morgan fingerprint density at radius 3 is 2.58 bits per heavy atom. The van der Waals surface area contributed by atoms with Crippen LogP contribution in [-0.2, 0) is 4.74 Å². The molecule has 1 aliphatic heterocycles. The molecule has 1 aromatic heterocycles. The first kappa shape index (κ1) is 14.4. The largest absolute Gasteiger partial charge is 0.369 e. The highest BCUT2D eigenvalue weighted by Gasteiger charge is 2.49. The monoisotopic (exact) mass is 263 g/mol. The van der Waals surface area contributed by atoms with Gasteiger partial charge in [-0.1, -0.05) is 6.92 Å². The van der Waals surface area contributed by atoms with Gasteiger partial charge in [0, 0.05) is 18.2 Å². The van der Waals surface area contributed by atoms with E-state index in [1.807, 2.05) is 12.3 Å². The molecule has 0 aliphatic carbocycles. The summed E-state index contributed by atoms with van der Waals surface area (Å²) in [5.74, 6) is 0.423. The zero-order valence-corrected chi connectivity index (χ0v) is 12.6. The van der Waals surface area contributed by atoms with Gasteiger partial charge in [-0.25, -0.2) is 0 Å². The molecule has 2 atom stereocenters. The molecular weight excluding hydrogens is 238 g/mol. The van der Waals surface area contributed by atoms with E-state index >= 15 is 0 Å². The molecule has 4 heteroatoms. The molecule has 106 valence electrons. The Labute approximate surface area is 116 Å². The Hall–Kier alpha value is -1.00. The number of aromatic nitrogens is 2. The van der Waals surface area contributed by atoms with Crippen molar-refractivity contribution < 1.29 is 4.74 Å². The normalized spacial score (nSPS) is 26.3. The van der Waals surface area contributed by atoms with Crippen LogP contribution in [-0.4, -0.2) is 27.9 Å². The minimum atomic E-state index is -0.139. The van der Waals surface area contributed by atoms with E-state index in [9.17, 15) is 0 Å². The van der Waals surface area contributed by atoms with Gasteiger partial charge in [0.05, 0.1) is 17.4 Å². The molecule has 4 nitrogen and oxygen atoms in total. The fraction of sp³-hybridized carbons (Fsp3) is 0.733. The van der Waals surface area contributed by atoms with Gasteiger partial charge in [-0.15, -0.1) is 0 Å². The predicted octanol–water partition coefficient (Wildman–Crippen LogP) is 2.72. The predicted molar refractivity (Wildman–Crippen MR) is 75.8 cm³/mol. The molecule has 1 fully saturated rings. The molecule has 1 aromatic rings. The second kappa shape index (κ2) is 5.17. The zero-order chi connectivity index (χ0) is 14.1. The van der Waals surface area contributed by atoms with Crippen molar-refractivity contribution in [3.05, 3.63) is 24.0 Å². The van der Waals surface area contributed by atoms with Crippen LogP contribution >= 0.6 is 0 Å². The minimum Gasteiger partial charge on any atom is -0.369 e. The lowest BCUT2D eigenvalue weighted by molar-refractivity contribution is -0.0778. The van der Waals surface area contributed by atoms with Crippen molar-refractivity contribution >= 4 is 0 Å². The molecule has 1 aliphatic rings. The Balaban J connectivity index is 2.30. The number of nitrogens with one attached hydrogen (secondary N) is 1. The van der Waals surface area contributed by atoms with Crippen molar-refractivity contribution in [2.75, 3.05) is 6.54 Å². The fourth-order valence-electron chi connectivity index (χ4n) is 3.32. The Morgan fingerprint density at radius 2 is 2.11 bits per heavy atom. The van der Waals surface area contributed by atoms with Crippen LogP contribution in [0.25, 0.3) is 0 Å². The van der Waals surface area contributed by atoms with Crippen LogP contribution in [0.2, 0.25) is 0 Å². The molecule has 0 saturated carbocycles. The van der Waals surface area contributed by atoms with Crippen LogP contribution in [0.1, 0.15) is 52.6 Å². The molecule has 1 N–H and O–H groups in total. The van der Waals surface area contributed by atoms with Gasteiger partial charge in [-0.3, -0.25) is 0 Å². The average molecular weight is 263 g/mol. The topological polar surface area (TPSA) is 47.0 Å². The second-order valence-electron chi connectivity index (χ2n) is 6.49. The zero-order valence-electron chi connectivity index (χ0n) is 12.6. The first-order chi connectivity index (χ1) is 8.86.